The quantitative estimate of drug-likeness (QED) is 0.657. The first-order chi connectivity index (χ1) is 13.8. The van der Waals surface area contributed by atoms with E-state index in [2.05, 4.69) is 5.32 Å². The van der Waals surface area contributed by atoms with Crippen molar-refractivity contribution in [1.29, 1.82) is 0 Å². The highest BCUT2D eigenvalue weighted by molar-refractivity contribution is 7.92. The van der Waals surface area contributed by atoms with E-state index in [4.69, 9.17) is 0 Å². The van der Waals surface area contributed by atoms with Gasteiger partial charge in [-0.2, -0.15) is 0 Å². The number of nitrogens with zero attached hydrogens (tertiary/aromatic N) is 1. The molecule has 0 radical (unpaired) electrons. The molecule has 1 amide bonds. The standard InChI is InChI=1S/C22H21FN2O3S/c1-16-12-17(2)14-18(13-16)24-22(26)15-25(21-11-7-6-10-20(21)23)29(27,28)19-8-4-3-5-9-19/h3-14H,15H2,1-2H3,(H,24,26). The normalized spacial score (nSPS) is 11.1. The zero-order chi connectivity index (χ0) is 21.0. The van der Waals surface area contributed by atoms with Gasteiger partial charge in [-0.25, -0.2) is 12.8 Å². The summed E-state index contributed by atoms with van der Waals surface area (Å²) in [5, 5.41) is 2.70. The summed E-state index contributed by atoms with van der Waals surface area (Å²) in [6.45, 7) is 3.23. The number of aryl methyl sites for hydroxylation is 2. The average molecular weight is 412 g/mol. The van der Waals surface area contributed by atoms with Crippen LogP contribution in [0.4, 0.5) is 15.8 Å². The van der Waals surface area contributed by atoms with Crippen molar-refractivity contribution in [3.8, 4) is 0 Å². The van der Waals surface area contributed by atoms with Crippen molar-refractivity contribution in [2.45, 2.75) is 18.7 Å². The van der Waals surface area contributed by atoms with E-state index < -0.39 is 28.3 Å². The molecule has 5 nitrogen and oxygen atoms in total. The fourth-order valence-corrected chi connectivity index (χ4v) is 4.50. The number of sulfonamides is 1. The Morgan fingerprint density at radius 3 is 2.14 bits per heavy atom. The van der Waals surface area contributed by atoms with Crippen LogP contribution in [0.2, 0.25) is 0 Å². The third-order valence-electron chi connectivity index (χ3n) is 4.25. The predicted molar refractivity (Wildman–Crippen MR) is 112 cm³/mol. The summed E-state index contributed by atoms with van der Waals surface area (Å²) < 4.78 is 41.5. The molecule has 0 saturated heterocycles. The summed E-state index contributed by atoms with van der Waals surface area (Å²) in [6, 6.07) is 18.6. The lowest BCUT2D eigenvalue weighted by Gasteiger charge is -2.24. The summed E-state index contributed by atoms with van der Waals surface area (Å²) >= 11 is 0. The second-order valence-electron chi connectivity index (χ2n) is 6.70. The number of nitrogens with one attached hydrogen (secondary N) is 1. The molecule has 0 atom stereocenters. The molecule has 150 valence electrons. The summed E-state index contributed by atoms with van der Waals surface area (Å²) in [6.07, 6.45) is 0. The summed E-state index contributed by atoms with van der Waals surface area (Å²) in [5.74, 6) is -1.30. The van der Waals surface area contributed by atoms with Gasteiger partial charge >= 0.3 is 0 Å². The van der Waals surface area contributed by atoms with Crippen molar-refractivity contribution in [2.24, 2.45) is 0 Å². The minimum Gasteiger partial charge on any atom is -0.324 e. The third kappa shape index (κ3) is 4.81. The molecule has 0 heterocycles. The van der Waals surface area contributed by atoms with E-state index in [0.29, 0.717) is 5.69 Å². The fourth-order valence-electron chi connectivity index (χ4n) is 3.05. The average Bonchev–Trinajstić information content (AvgIpc) is 2.66. The van der Waals surface area contributed by atoms with Crippen LogP contribution in [0.5, 0.6) is 0 Å². The number of halogens is 1. The van der Waals surface area contributed by atoms with Crippen LogP contribution in [0.15, 0.2) is 77.7 Å². The molecule has 1 N–H and O–H groups in total. The van der Waals surface area contributed by atoms with Crippen molar-refractivity contribution >= 4 is 27.3 Å². The van der Waals surface area contributed by atoms with Crippen molar-refractivity contribution in [3.63, 3.8) is 0 Å². The predicted octanol–water partition coefficient (Wildman–Crippen LogP) is 4.28. The topological polar surface area (TPSA) is 66.5 Å². The summed E-state index contributed by atoms with van der Waals surface area (Å²) in [7, 11) is -4.15. The summed E-state index contributed by atoms with van der Waals surface area (Å²) in [5.41, 5.74) is 2.29. The van der Waals surface area contributed by atoms with E-state index in [1.165, 1.54) is 30.3 Å². The number of carbonyl (C=O) groups is 1. The molecule has 3 rings (SSSR count). The molecule has 0 bridgehead atoms. The van der Waals surface area contributed by atoms with Gasteiger partial charge in [0.05, 0.1) is 10.6 Å². The van der Waals surface area contributed by atoms with Crippen LogP contribution in [-0.2, 0) is 14.8 Å². The molecule has 0 unspecified atom stereocenters. The Bertz CT molecular complexity index is 1110. The van der Waals surface area contributed by atoms with E-state index in [9.17, 15) is 17.6 Å². The molecule has 0 saturated carbocycles. The Morgan fingerprint density at radius 1 is 0.931 bits per heavy atom. The first kappa shape index (κ1) is 20.5. The second-order valence-corrected chi connectivity index (χ2v) is 8.56. The van der Waals surface area contributed by atoms with Gasteiger partial charge in [0.15, 0.2) is 0 Å². The largest absolute Gasteiger partial charge is 0.324 e. The van der Waals surface area contributed by atoms with Gasteiger partial charge in [0.2, 0.25) is 5.91 Å². The van der Waals surface area contributed by atoms with Crippen LogP contribution in [-0.4, -0.2) is 20.9 Å². The van der Waals surface area contributed by atoms with Crippen LogP contribution in [0.25, 0.3) is 0 Å². The maximum atomic E-state index is 14.4. The Kier molecular flexibility index (Phi) is 5.98. The minimum atomic E-state index is -4.15. The smallest absolute Gasteiger partial charge is 0.264 e. The number of hydrogen-bond donors (Lipinski definition) is 1. The van der Waals surface area contributed by atoms with Crippen molar-refractivity contribution in [1.82, 2.24) is 0 Å². The highest BCUT2D eigenvalue weighted by Crippen LogP contribution is 2.26. The van der Waals surface area contributed by atoms with E-state index in [-0.39, 0.29) is 10.6 Å². The van der Waals surface area contributed by atoms with Crippen LogP contribution >= 0.6 is 0 Å². The molecule has 29 heavy (non-hydrogen) atoms. The number of rotatable bonds is 6. The maximum Gasteiger partial charge on any atom is 0.264 e. The Labute approximate surface area is 169 Å². The van der Waals surface area contributed by atoms with Gasteiger partial charge in [-0.15, -0.1) is 0 Å². The lowest BCUT2D eigenvalue weighted by atomic mass is 10.1. The van der Waals surface area contributed by atoms with Gasteiger partial charge in [-0.1, -0.05) is 36.4 Å². The molecule has 0 aliphatic carbocycles. The second kappa shape index (κ2) is 8.45. The Morgan fingerprint density at radius 2 is 1.52 bits per heavy atom. The monoisotopic (exact) mass is 412 g/mol. The van der Waals surface area contributed by atoms with Crippen LogP contribution in [0, 0.1) is 19.7 Å². The molecule has 0 spiro atoms. The Hall–Kier alpha value is -3.19. The molecule has 0 aliphatic rings. The first-order valence-corrected chi connectivity index (χ1v) is 10.4. The third-order valence-corrected chi connectivity index (χ3v) is 6.02. The molecular weight excluding hydrogens is 391 g/mol. The lowest BCUT2D eigenvalue weighted by molar-refractivity contribution is -0.114. The van der Waals surface area contributed by atoms with Gasteiger partial charge in [0.25, 0.3) is 10.0 Å². The Balaban J connectivity index is 1.96. The van der Waals surface area contributed by atoms with Crippen LogP contribution < -0.4 is 9.62 Å². The van der Waals surface area contributed by atoms with E-state index in [0.717, 1.165) is 21.5 Å². The molecule has 7 heteroatoms. The molecule has 3 aromatic carbocycles. The summed E-state index contributed by atoms with van der Waals surface area (Å²) in [4.78, 5) is 12.6. The zero-order valence-electron chi connectivity index (χ0n) is 16.1. The van der Waals surface area contributed by atoms with Gasteiger partial charge in [-0.05, 0) is 61.4 Å². The number of anilines is 2. The van der Waals surface area contributed by atoms with Crippen molar-refractivity contribution in [3.05, 3.63) is 89.7 Å². The van der Waals surface area contributed by atoms with E-state index in [1.807, 2.05) is 19.9 Å². The number of amides is 1. The zero-order valence-corrected chi connectivity index (χ0v) is 16.9. The van der Waals surface area contributed by atoms with Gasteiger partial charge in [0, 0.05) is 5.69 Å². The van der Waals surface area contributed by atoms with Crippen molar-refractivity contribution < 1.29 is 17.6 Å². The molecule has 0 aromatic heterocycles. The van der Waals surface area contributed by atoms with Gasteiger partial charge in [0.1, 0.15) is 12.4 Å². The highest BCUT2D eigenvalue weighted by Gasteiger charge is 2.29. The first-order valence-electron chi connectivity index (χ1n) is 8.98. The SMILES string of the molecule is Cc1cc(C)cc(NC(=O)CN(c2ccccc2F)S(=O)(=O)c2ccccc2)c1. The minimum absolute atomic E-state index is 0.0255. The van der Waals surface area contributed by atoms with Gasteiger partial charge < -0.3 is 5.32 Å². The number of hydrogen-bond acceptors (Lipinski definition) is 3. The fraction of sp³-hybridized carbons (Fsp3) is 0.136. The molecule has 0 aliphatic heterocycles. The number of para-hydroxylation sites is 1. The van der Waals surface area contributed by atoms with Gasteiger partial charge in [-0.3, -0.25) is 9.10 Å². The van der Waals surface area contributed by atoms with E-state index >= 15 is 0 Å². The van der Waals surface area contributed by atoms with Crippen LogP contribution in [0.1, 0.15) is 11.1 Å². The molecule has 0 fully saturated rings. The van der Waals surface area contributed by atoms with E-state index in [1.54, 1.807) is 30.3 Å². The van der Waals surface area contributed by atoms with Crippen LogP contribution in [0.3, 0.4) is 0 Å². The lowest BCUT2D eigenvalue weighted by Crippen LogP contribution is -2.38. The maximum absolute atomic E-state index is 14.4. The molecule has 3 aromatic rings. The number of carbonyl (C=O) groups excluding carboxylic acids is 1. The van der Waals surface area contributed by atoms with Crippen molar-refractivity contribution in [2.75, 3.05) is 16.2 Å². The number of benzene rings is 3. The molecular formula is C22H21FN2O3S. The highest BCUT2D eigenvalue weighted by atomic mass is 32.2.